The molecule has 0 amide bonds. The second-order valence-electron chi connectivity index (χ2n) is 7.54. The summed E-state index contributed by atoms with van der Waals surface area (Å²) < 4.78 is 0. The van der Waals surface area contributed by atoms with Crippen LogP contribution in [0.5, 0.6) is 0 Å². The molecule has 1 rings (SSSR count). The maximum Gasteiger partial charge on any atom is 0.0107 e. The monoisotopic (exact) mass is 324 g/mol. The molecule has 0 aromatic heterocycles. The number of rotatable bonds is 16. The molecule has 1 N–H and O–H groups in total. The van der Waals surface area contributed by atoms with Crippen molar-refractivity contribution < 1.29 is 0 Å². The normalized spacial score (nSPS) is 16.0. The molecule has 2 heteroatoms. The van der Waals surface area contributed by atoms with Crippen molar-refractivity contribution in [3.8, 4) is 0 Å². The molecule has 138 valence electrons. The lowest BCUT2D eigenvalue weighted by Gasteiger charge is -2.27. The molecular formula is C21H44N2. The Kier molecular flexibility index (Phi) is 15.3. The van der Waals surface area contributed by atoms with Crippen molar-refractivity contribution in [2.75, 3.05) is 32.7 Å². The van der Waals surface area contributed by atoms with E-state index in [0.717, 1.165) is 0 Å². The standard InChI is InChI=1S/C21H44N2/c1-2-3-4-5-6-7-8-9-10-11-12-13-14-15-16-19-23-20-17-22-18-21-23/h22H,2-21H2,1H3. The summed E-state index contributed by atoms with van der Waals surface area (Å²) in [7, 11) is 0. The summed E-state index contributed by atoms with van der Waals surface area (Å²) in [4.78, 5) is 2.62. The Labute approximate surface area is 146 Å². The highest BCUT2D eigenvalue weighted by molar-refractivity contribution is 4.67. The quantitative estimate of drug-likeness (QED) is 0.363. The lowest BCUT2D eigenvalue weighted by molar-refractivity contribution is 0.236. The molecule has 0 unspecified atom stereocenters. The van der Waals surface area contributed by atoms with Gasteiger partial charge in [-0.15, -0.1) is 0 Å². The van der Waals surface area contributed by atoms with Gasteiger partial charge in [-0.1, -0.05) is 96.8 Å². The van der Waals surface area contributed by atoms with Crippen LogP contribution in [0.1, 0.15) is 103 Å². The third-order valence-electron chi connectivity index (χ3n) is 5.29. The maximum absolute atomic E-state index is 3.43. The molecule has 0 bridgehead atoms. The Morgan fingerprint density at radius 3 is 1.39 bits per heavy atom. The first-order valence-electron chi connectivity index (χ1n) is 10.9. The number of nitrogens with zero attached hydrogens (tertiary/aromatic N) is 1. The Morgan fingerprint density at radius 2 is 0.957 bits per heavy atom. The minimum absolute atomic E-state index is 1.19. The van der Waals surface area contributed by atoms with Crippen LogP contribution >= 0.6 is 0 Å². The zero-order chi connectivity index (χ0) is 16.4. The van der Waals surface area contributed by atoms with Crippen molar-refractivity contribution in [3.63, 3.8) is 0 Å². The highest BCUT2D eigenvalue weighted by atomic mass is 15.2. The number of hydrogen-bond donors (Lipinski definition) is 1. The van der Waals surface area contributed by atoms with Gasteiger partial charge < -0.3 is 10.2 Å². The van der Waals surface area contributed by atoms with E-state index in [-0.39, 0.29) is 0 Å². The van der Waals surface area contributed by atoms with Crippen molar-refractivity contribution in [2.45, 2.75) is 103 Å². The molecule has 1 heterocycles. The van der Waals surface area contributed by atoms with Gasteiger partial charge in [-0.3, -0.25) is 0 Å². The lowest BCUT2D eigenvalue weighted by atomic mass is 10.0. The fourth-order valence-electron chi connectivity index (χ4n) is 3.64. The summed E-state index contributed by atoms with van der Waals surface area (Å²) in [5.74, 6) is 0. The smallest absolute Gasteiger partial charge is 0.0107 e. The van der Waals surface area contributed by atoms with Crippen LogP contribution in [0.25, 0.3) is 0 Å². The zero-order valence-electron chi connectivity index (χ0n) is 16.1. The average Bonchev–Trinajstić information content (AvgIpc) is 2.59. The maximum atomic E-state index is 3.43. The highest BCUT2D eigenvalue weighted by Gasteiger charge is 2.07. The Balaban J connectivity index is 1.67. The van der Waals surface area contributed by atoms with Crippen LogP contribution in [0.3, 0.4) is 0 Å². The van der Waals surface area contributed by atoms with Crippen molar-refractivity contribution >= 4 is 0 Å². The molecule has 1 aliphatic rings. The van der Waals surface area contributed by atoms with Crippen molar-refractivity contribution in [1.82, 2.24) is 10.2 Å². The summed E-state index contributed by atoms with van der Waals surface area (Å²) in [5, 5.41) is 3.43. The zero-order valence-corrected chi connectivity index (χ0v) is 16.1. The summed E-state index contributed by atoms with van der Waals surface area (Å²) >= 11 is 0. The van der Waals surface area contributed by atoms with Crippen LogP contribution in [0.2, 0.25) is 0 Å². The number of unbranched alkanes of at least 4 members (excludes halogenated alkanes) is 14. The minimum Gasteiger partial charge on any atom is -0.314 e. The molecular weight excluding hydrogens is 280 g/mol. The van der Waals surface area contributed by atoms with Gasteiger partial charge in [-0.2, -0.15) is 0 Å². The van der Waals surface area contributed by atoms with Crippen LogP contribution in [-0.2, 0) is 0 Å². The molecule has 0 radical (unpaired) electrons. The van der Waals surface area contributed by atoms with Gasteiger partial charge in [0.1, 0.15) is 0 Å². The van der Waals surface area contributed by atoms with Crippen molar-refractivity contribution in [1.29, 1.82) is 0 Å². The molecule has 1 saturated heterocycles. The lowest BCUT2D eigenvalue weighted by Crippen LogP contribution is -2.43. The van der Waals surface area contributed by atoms with E-state index < -0.39 is 0 Å². The fraction of sp³-hybridized carbons (Fsp3) is 1.00. The fourth-order valence-corrected chi connectivity index (χ4v) is 3.64. The van der Waals surface area contributed by atoms with E-state index in [1.807, 2.05) is 0 Å². The van der Waals surface area contributed by atoms with Crippen LogP contribution in [-0.4, -0.2) is 37.6 Å². The van der Waals surface area contributed by atoms with Crippen molar-refractivity contribution in [3.05, 3.63) is 0 Å². The molecule has 0 atom stereocenters. The van der Waals surface area contributed by atoms with Crippen LogP contribution in [0.4, 0.5) is 0 Å². The Morgan fingerprint density at radius 1 is 0.565 bits per heavy atom. The average molecular weight is 325 g/mol. The summed E-state index contributed by atoms with van der Waals surface area (Å²) in [5.41, 5.74) is 0. The van der Waals surface area contributed by atoms with E-state index in [4.69, 9.17) is 0 Å². The molecule has 2 nitrogen and oxygen atoms in total. The Hall–Kier alpha value is -0.0800. The predicted octanol–water partition coefficient (Wildman–Crippen LogP) is 5.76. The number of nitrogens with one attached hydrogen (secondary N) is 1. The Bertz CT molecular complexity index is 224. The number of piperazine rings is 1. The van der Waals surface area contributed by atoms with E-state index >= 15 is 0 Å². The molecule has 23 heavy (non-hydrogen) atoms. The van der Waals surface area contributed by atoms with Gasteiger partial charge in [-0.25, -0.2) is 0 Å². The summed E-state index contributed by atoms with van der Waals surface area (Å²) in [6.07, 6.45) is 21.9. The second kappa shape index (κ2) is 16.8. The SMILES string of the molecule is CCCCCCCCCCCCCCCCCN1CCNCC1. The molecule has 0 aromatic rings. The van der Waals surface area contributed by atoms with E-state index in [1.54, 1.807) is 0 Å². The second-order valence-corrected chi connectivity index (χ2v) is 7.54. The third kappa shape index (κ3) is 14.0. The van der Waals surface area contributed by atoms with Gasteiger partial charge in [0.15, 0.2) is 0 Å². The van der Waals surface area contributed by atoms with Gasteiger partial charge >= 0.3 is 0 Å². The molecule has 1 aliphatic heterocycles. The molecule has 0 saturated carbocycles. The van der Waals surface area contributed by atoms with E-state index in [1.165, 1.54) is 129 Å². The summed E-state index contributed by atoms with van der Waals surface area (Å²) in [6.45, 7) is 8.54. The van der Waals surface area contributed by atoms with E-state index in [2.05, 4.69) is 17.1 Å². The molecule has 1 fully saturated rings. The van der Waals surface area contributed by atoms with Crippen LogP contribution in [0.15, 0.2) is 0 Å². The third-order valence-corrected chi connectivity index (χ3v) is 5.29. The van der Waals surface area contributed by atoms with Gasteiger partial charge in [0.25, 0.3) is 0 Å². The first kappa shape index (κ1) is 21.0. The van der Waals surface area contributed by atoms with Gasteiger partial charge in [0, 0.05) is 26.2 Å². The van der Waals surface area contributed by atoms with E-state index in [9.17, 15) is 0 Å². The molecule has 0 spiro atoms. The topological polar surface area (TPSA) is 15.3 Å². The highest BCUT2D eigenvalue weighted by Crippen LogP contribution is 2.13. The van der Waals surface area contributed by atoms with Gasteiger partial charge in [0.2, 0.25) is 0 Å². The molecule has 0 aromatic carbocycles. The van der Waals surface area contributed by atoms with Crippen LogP contribution in [0, 0.1) is 0 Å². The van der Waals surface area contributed by atoms with E-state index in [0.29, 0.717) is 0 Å². The molecule has 0 aliphatic carbocycles. The first-order valence-corrected chi connectivity index (χ1v) is 10.9. The minimum atomic E-state index is 1.19. The predicted molar refractivity (Wildman–Crippen MR) is 104 cm³/mol. The first-order chi connectivity index (χ1) is 11.4. The van der Waals surface area contributed by atoms with Crippen LogP contribution < -0.4 is 5.32 Å². The van der Waals surface area contributed by atoms with Gasteiger partial charge in [0.05, 0.1) is 0 Å². The van der Waals surface area contributed by atoms with Crippen molar-refractivity contribution in [2.24, 2.45) is 0 Å². The van der Waals surface area contributed by atoms with Gasteiger partial charge in [-0.05, 0) is 13.0 Å². The summed E-state index contributed by atoms with van der Waals surface area (Å²) in [6, 6.07) is 0. The number of hydrogen-bond acceptors (Lipinski definition) is 2. The largest absolute Gasteiger partial charge is 0.314 e.